The third-order valence-electron chi connectivity index (χ3n) is 7.54. The first-order valence-electron chi connectivity index (χ1n) is 14.4. The fourth-order valence-corrected chi connectivity index (χ4v) is 4.74. The molecule has 0 aromatic heterocycles. The first-order chi connectivity index (χ1) is 19.9. The van der Waals surface area contributed by atoms with Gasteiger partial charge >= 0.3 is 5.97 Å². The van der Waals surface area contributed by atoms with Crippen molar-refractivity contribution in [1.29, 1.82) is 0 Å². The number of ketones is 3. The Morgan fingerprint density at radius 3 is 2.00 bits per heavy atom. The molecule has 9 heteroatoms. The summed E-state index contributed by atoms with van der Waals surface area (Å²) in [6.45, 7) is 4.25. The minimum Gasteiger partial charge on any atom is -0.481 e. The molecular weight excluding hydrogens is 536 g/mol. The second kappa shape index (κ2) is 14.7. The van der Waals surface area contributed by atoms with Gasteiger partial charge in [0.1, 0.15) is 5.78 Å². The highest BCUT2D eigenvalue weighted by Crippen LogP contribution is 2.34. The maximum atomic E-state index is 13.3. The van der Waals surface area contributed by atoms with Gasteiger partial charge < -0.3 is 15.7 Å². The molecule has 2 aromatic rings. The molecule has 1 aliphatic rings. The summed E-state index contributed by atoms with van der Waals surface area (Å²) < 4.78 is 0. The molecule has 0 bridgehead atoms. The first-order valence-corrected chi connectivity index (χ1v) is 14.4. The molecule has 3 N–H and O–H groups in total. The van der Waals surface area contributed by atoms with Gasteiger partial charge in [-0.15, -0.1) is 0 Å². The smallest absolute Gasteiger partial charge is 0.309 e. The van der Waals surface area contributed by atoms with Crippen LogP contribution in [0.15, 0.2) is 60.7 Å². The van der Waals surface area contributed by atoms with Crippen molar-refractivity contribution in [3.8, 4) is 0 Å². The molecule has 0 spiro atoms. The van der Waals surface area contributed by atoms with Crippen molar-refractivity contribution in [2.24, 2.45) is 17.3 Å². The van der Waals surface area contributed by atoms with Gasteiger partial charge in [0.15, 0.2) is 5.78 Å². The Bertz CT molecular complexity index is 1290. The second-order valence-corrected chi connectivity index (χ2v) is 11.9. The number of carbonyl (C=O) groups excluding carboxylic acids is 5. The summed E-state index contributed by atoms with van der Waals surface area (Å²) in [6.07, 6.45) is 2.24. The SMILES string of the molecule is CC(NC(=O)[C@@H](CC(=O)Cc1ccccc1)Cc1ccccc1)C(=O)C(=O)N[C@@H](CC1CC1)C(=O)CC(C)(C)C(=O)O. The Morgan fingerprint density at radius 1 is 0.881 bits per heavy atom. The fraction of sp³-hybridized carbons (Fsp3) is 0.455. The summed E-state index contributed by atoms with van der Waals surface area (Å²) in [5, 5.41) is 14.5. The van der Waals surface area contributed by atoms with Gasteiger partial charge in [-0.05, 0) is 50.7 Å². The van der Waals surface area contributed by atoms with E-state index in [0.717, 1.165) is 24.0 Å². The Morgan fingerprint density at radius 2 is 1.45 bits per heavy atom. The van der Waals surface area contributed by atoms with Gasteiger partial charge in [-0.25, -0.2) is 0 Å². The lowest BCUT2D eigenvalue weighted by Gasteiger charge is -2.24. The number of aliphatic carboxylic acids is 1. The summed E-state index contributed by atoms with van der Waals surface area (Å²) in [4.78, 5) is 76.5. The molecule has 1 aliphatic carbocycles. The van der Waals surface area contributed by atoms with Crippen LogP contribution < -0.4 is 10.6 Å². The quantitative estimate of drug-likeness (QED) is 0.244. The summed E-state index contributed by atoms with van der Waals surface area (Å²) in [7, 11) is 0. The monoisotopic (exact) mass is 576 g/mol. The van der Waals surface area contributed by atoms with Crippen molar-refractivity contribution < 1.29 is 33.9 Å². The molecule has 1 saturated carbocycles. The van der Waals surface area contributed by atoms with Gasteiger partial charge in [0.2, 0.25) is 11.7 Å². The Balaban J connectivity index is 1.65. The number of amides is 2. The van der Waals surface area contributed by atoms with Gasteiger partial charge in [-0.2, -0.15) is 0 Å². The largest absolute Gasteiger partial charge is 0.481 e. The second-order valence-electron chi connectivity index (χ2n) is 11.9. The molecule has 3 atom stereocenters. The van der Waals surface area contributed by atoms with Crippen molar-refractivity contribution in [3.63, 3.8) is 0 Å². The van der Waals surface area contributed by atoms with E-state index in [1.54, 1.807) is 0 Å². The van der Waals surface area contributed by atoms with E-state index in [0.29, 0.717) is 6.42 Å². The van der Waals surface area contributed by atoms with Crippen LogP contribution in [0.5, 0.6) is 0 Å². The molecule has 2 amide bonds. The summed E-state index contributed by atoms with van der Waals surface area (Å²) in [5.74, 6) is -4.71. The maximum Gasteiger partial charge on any atom is 0.309 e. The normalized spacial score (nSPS) is 15.1. The Labute approximate surface area is 246 Å². The van der Waals surface area contributed by atoms with E-state index in [1.165, 1.54) is 20.8 Å². The molecule has 0 saturated heterocycles. The lowest BCUT2D eigenvalue weighted by molar-refractivity contribution is -0.149. The molecule has 9 nitrogen and oxygen atoms in total. The Hall–Kier alpha value is -4.14. The van der Waals surface area contributed by atoms with E-state index >= 15 is 0 Å². The highest BCUT2D eigenvalue weighted by atomic mass is 16.4. The average molecular weight is 577 g/mol. The first kappa shape index (κ1) is 32.4. The van der Waals surface area contributed by atoms with Gasteiger partial charge in [-0.1, -0.05) is 73.5 Å². The van der Waals surface area contributed by atoms with Crippen molar-refractivity contribution >= 4 is 35.1 Å². The fourth-order valence-electron chi connectivity index (χ4n) is 4.74. The van der Waals surface area contributed by atoms with E-state index in [-0.39, 0.29) is 37.4 Å². The third-order valence-corrected chi connectivity index (χ3v) is 7.54. The minimum absolute atomic E-state index is 0.0416. The number of carbonyl (C=O) groups is 6. The highest BCUT2D eigenvalue weighted by Gasteiger charge is 2.37. The molecule has 1 fully saturated rings. The molecule has 1 unspecified atom stereocenters. The third kappa shape index (κ3) is 10.0. The highest BCUT2D eigenvalue weighted by molar-refractivity contribution is 6.38. The molecule has 0 aliphatic heterocycles. The van der Waals surface area contributed by atoms with Crippen LogP contribution in [0.2, 0.25) is 0 Å². The lowest BCUT2D eigenvalue weighted by atomic mass is 9.84. The van der Waals surface area contributed by atoms with Gasteiger partial charge in [0.25, 0.3) is 5.91 Å². The number of Topliss-reactive ketones (excluding diaryl/α,β-unsaturated/α-hetero) is 3. The number of benzene rings is 2. The molecular formula is C33H40N2O7. The summed E-state index contributed by atoms with van der Waals surface area (Å²) in [6, 6.07) is 16.3. The van der Waals surface area contributed by atoms with Crippen molar-refractivity contribution in [2.45, 2.75) is 77.8 Å². The van der Waals surface area contributed by atoms with E-state index in [1.807, 2.05) is 60.7 Å². The van der Waals surface area contributed by atoms with E-state index in [9.17, 15) is 33.9 Å². The van der Waals surface area contributed by atoms with Crippen LogP contribution in [0, 0.1) is 17.3 Å². The van der Waals surface area contributed by atoms with Gasteiger partial charge in [0.05, 0.1) is 17.5 Å². The van der Waals surface area contributed by atoms with Crippen LogP contribution in [-0.4, -0.2) is 52.3 Å². The van der Waals surface area contributed by atoms with E-state index in [2.05, 4.69) is 10.6 Å². The zero-order valence-electron chi connectivity index (χ0n) is 24.4. The zero-order chi connectivity index (χ0) is 30.9. The maximum absolute atomic E-state index is 13.3. The van der Waals surface area contributed by atoms with Crippen molar-refractivity contribution in [3.05, 3.63) is 71.8 Å². The average Bonchev–Trinajstić information content (AvgIpc) is 3.76. The van der Waals surface area contributed by atoms with E-state index in [4.69, 9.17) is 0 Å². The van der Waals surface area contributed by atoms with Crippen LogP contribution in [0.25, 0.3) is 0 Å². The molecule has 224 valence electrons. The topological polar surface area (TPSA) is 147 Å². The standard InChI is InChI=1S/C33H40N2O7/c1-21(29(38)31(40)35-27(18-24-14-15-24)28(37)20-33(2,3)32(41)42)34-30(39)25(16-22-10-6-4-7-11-22)19-26(36)17-23-12-8-5-9-13-23/h4-13,21,24-25,27H,14-20H2,1-3H3,(H,34,39)(H,35,40)(H,41,42)/t21?,25-,27+/m1/s1. The predicted molar refractivity (Wildman–Crippen MR) is 156 cm³/mol. The number of rotatable bonds is 17. The zero-order valence-corrected chi connectivity index (χ0v) is 24.4. The molecule has 0 heterocycles. The van der Waals surface area contributed by atoms with E-state index < -0.39 is 52.8 Å². The molecule has 0 radical (unpaired) electrons. The van der Waals surface area contributed by atoms with Crippen LogP contribution in [0.1, 0.15) is 64.0 Å². The molecule has 3 rings (SSSR count). The predicted octanol–water partition coefficient (Wildman–Crippen LogP) is 3.48. The van der Waals surface area contributed by atoms with Crippen LogP contribution in [0.3, 0.4) is 0 Å². The van der Waals surface area contributed by atoms with Crippen LogP contribution in [0.4, 0.5) is 0 Å². The van der Waals surface area contributed by atoms with Crippen LogP contribution in [-0.2, 0) is 41.6 Å². The van der Waals surface area contributed by atoms with Crippen LogP contribution >= 0.6 is 0 Å². The van der Waals surface area contributed by atoms with Crippen molar-refractivity contribution in [2.75, 3.05) is 0 Å². The number of hydrogen-bond donors (Lipinski definition) is 3. The van der Waals surface area contributed by atoms with Crippen molar-refractivity contribution in [1.82, 2.24) is 10.6 Å². The Kier molecular flexibility index (Phi) is 11.3. The molecule has 2 aromatic carbocycles. The number of carboxylic acid groups (broad SMARTS) is 1. The molecule has 42 heavy (non-hydrogen) atoms. The van der Waals surface area contributed by atoms with Gasteiger partial charge in [0, 0.05) is 25.2 Å². The number of nitrogens with one attached hydrogen (secondary N) is 2. The lowest BCUT2D eigenvalue weighted by Crippen LogP contribution is -2.51. The number of hydrogen-bond acceptors (Lipinski definition) is 6. The summed E-state index contributed by atoms with van der Waals surface area (Å²) in [5.41, 5.74) is 0.372. The summed E-state index contributed by atoms with van der Waals surface area (Å²) >= 11 is 0. The number of carboxylic acids is 1. The van der Waals surface area contributed by atoms with Gasteiger partial charge in [-0.3, -0.25) is 28.8 Å². The minimum atomic E-state index is -1.32.